The molecule has 0 aliphatic rings. The Bertz CT molecular complexity index is 179. The summed E-state index contributed by atoms with van der Waals surface area (Å²) in [5, 5.41) is 0. The second kappa shape index (κ2) is 2.84. The first kappa shape index (κ1) is 7.28. The van der Waals surface area contributed by atoms with Crippen molar-refractivity contribution in [3.8, 4) is 0 Å². The maximum Gasteiger partial charge on any atom is 0.123 e. The van der Waals surface area contributed by atoms with E-state index in [0.717, 1.165) is 5.82 Å². The second-order valence-electron chi connectivity index (χ2n) is 2.74. The molecule has 0 aliphatic carbocycles. The molecular weight excluding hydrogens is 126 g/mol. The van der Waals surface area contributed by atoms with Crippen LogP contribution < -0.4 is 5.73 Å². The standard InChI is InChI=1S/C7H13N3/c1-5(2)6(8)7-9-3-4-10-7/h3-6H,8H2,1-2H3,(H,9,10)/t6-/m0/s1. The number of imidazole rings is 1. The lowest BCUT2D eigenvalue weighted by atomic mass is 10.1. The van der Waals surface area contributed by atoms with Gasteiger partial charge in [-0.1, -0.05) is 13.8 Å². The van der Waals surface area contributed by atoms with Gasteiger partial charge in [-0.3, -0.25) is 0 Å². The van der Waals surface area contributed by atoms with Crippen LogP contribution in [0, 0.1) is 5.92 Å². The number of nitrogens with zero attached hydrogens (tertiary/aromatic N) is 1. The van der Waals surface area contributed by atoms with Gasteiger partial charge >= 0.3 is 0 Å². The van der Waals surface area contributed by atoms with Crippen molar-refractivity contribution < 1.29 is 0 Å². The van der Waals surface area contributed by atoms with Crippen molar-refractivity contribution in [1.29, 1.82) is 0 Å². The van der Waals surface area contributed by atoms with Crippen molar-refractivity contribution in [2.24, 2.45) is 11.7 Å². The number of H-pyrrole nitrogens is 1. The fourth-order valence-corrected chi connectivity index (χ4v) is 0.776. The monoisotopic (exact) mass is 139 g/mol. The van der Waals surface area contributed by atoms with Crippen LogP contribution in [0.15, 0.2) is 12.4 Å². The largest absolute Gasteiger partial charge is 0.347 e. The molecule has 56 valence electrons. The van der Waals surface area contributed by atoms with E-state index in [2.05, 4.69) is 23.8 Å². The van der Waals surface area contributed by atoms with Gasteiger partial charge in [-0.15, -0.1) is 0 Å². The first-order valence-corrected chi connectivity index (χ1v) is 3.46. The van der Waals surface area contributed by atoms with Crippen molar-refractivity contribution in [2.75, 3.05) is 0 Å². The molecule has 1 aromatic rings. The van der Waals surface area contributed by atoms with Crippen molar-refractivity contribution in [3.05, 3.63) is 18.2 Å². The van der Waals surface area contributed by atoms with E-state index in [0.29, 0.717) is 5.92 Å². The first-order chi connectivity index (χ1) is 4.72. The predicted molar refractivity (Wildman–Crippen MR) is 40.4 cm³/mol. The smallest absolute Gasteiger partial charge is 0.123 e. The van der Waals surface area contributed by atoms with Crippen LogP contribution in [-0.2, 0) is 0 Å². The summed E-state index contributed by atoms with van der Waals surface area (Å²) in [6.45, 7) is 4.15. The quantitative estimate of drug-likeness (QED) is 0.643. The average molecular weight is 139 g/mol. The third-order valence-electron chi connectivity index (χ3n) is 1.55. The van der Waals surface area contributed by atoms with Crippen LogP contribution in [0.1, 0.15) is 25.7 Å². The molecule has 0 saturated heterocycles. The molecule has 3 nitrogen and oxygen atoms in total. The molecule has 1 atom stereocenters. The van der Waals surface area contributed by atoms with Gasteiger partial charge in [0.1, 0.15) is 5.82 Å². The van der Waals surface area contributed by atoms with Crippen molar-refractivity contribution in [1.82, 2.24) is 9.97 Å². The van der Waals surface area contributed by atoms with Gasteiger partial charge in [0.05, 0.1) is 6.04 Å². The normalized spacial score (nSPS) is 14.0. The zero-order valence-corrected chi connectivity index (χ0v) is 6.33. The third kappa shape index (κ3) is 1.36. The minimum absolute atomic E-state index is 0.0370. The summed E-state index contributed by atoms with van der Waals surface area (Å²) in [4.78, 5) is 7.04. The highest BCUT2D eigenvalue weighted by molar-refractivity contribution is 4.94. The van der Waals surface area contributed by atoms with Crippen LogP contribution in [-0.4, -0.2) is 9.97 Å². The van der Waals surface area contributed by atoms with Gasteiger partial charge in [0.15, 0.2) is 0 Å². The zero-order chi connectivity index (χ0) is 7.56. The lowest BCUT2D eigenvalue weighted by Crippen LogP contribution is -2.17. The van der Waals surface area contributed by atoms with E-state index in [9.17, 15) is 0 Å². The molecule has 0 spiro atoms. The van der Waals surface area contributed by atoms with E-state index < -0.39 is 0 Å². The molecule has 3 heteroatoms. The summed E-state index contributed by atoms with van der Waals surface area (Å²) in [6, 6.07) is 0.0370. The van der Waals surface area contributed by atoms with E-state index >= 15 is 0 Å². The molecule has 0 bridgehead atoms. The van der Waals surface area contributed by atoms with Gasteiger partial charge in [0.25, 0.3) is 0 Å². The summed E-state index contributed by atoms with van der Waals surface area (Å²) in [5.74, 6) is 1.31. The van der Waals surface area contributed by atoms with Crippen LogP contribution in [0.25, 0.3) is 0 Å². The number of aromatic amines is 1. The number of hydrogen-bond acceptors (Lipinski definition) is 2. The number of aromatic nitrogens is 2. The molecule has 0 radical (unpaired) electrons. The van der Waals surface area contributed by atoms with Crippen LogP contribution in [0.2, 0.25) is 0 Å². The maximum atomic E-state index is 5.79. The van der Waals surface area contributed by atoms with Gasteiger partial charge in [-0.2, -0.15) is 0 Å². The highest BCUT2D eigenvalue weighted by atomic mass is 14.9. The predicted octanol–water partition coefficient (Wildman–Crippen LogP) is 1.07. The summed E-state index contributed by atoms with van der Waals surface area (Å²) in [6.07, 6.45) is 3.51. The van der Waals surface area contributed by atoms with E-state index in [1.807, 2.05) is 0 Å². The van der Waals surface area contributed by atoms with Gasteiger partial charge < -0.3 is 10.7 Å². The minimum Gasteiger partial charge on any atom is -0.347 e. The summed E-state index contributed by atoms with van der Waals surface area (Å²) in [5.41, 5.74) is 5.79. The second-order valence-corrected chi connectivity index (χ2v) is 2.74. The summed E-state index contributed by atoms with van der Waals surface area (Å²) >= 11 is 0. The number of hydrogen-bond donors (Lipinski definition) is 2. The van der Waals surface area contributed by atoms with Gasteiger partial charge in [-0.05, 0) is 5.92 Å². The number of nitrogens with one attached hydrogen (secondary N) is 1. The maximum absolute atomic E-state index is 5.79. The van der Waals surface area contributed by atoms with Gasteiger partial charge in [0, 0.05) is 12.4 Å². The fraction of sp³-hybridized carbons (Fsp3) is 0.571. The summed E-state index contributed by atoms with van der Waals surface area (Å²) in [7, 11) is 0. The Hall–Kier alpha value is -0.830. The molecule has 1 rings (SSSR count). The molecule has 0 amide bonds. The Labute approximate surface area is 60.7 Å². The Morgan fingerprint density at radius 1 is 1.60 bits per heavy atom. The van der Waals surface area contributed by atoms with Crippen molar-refractivity contribution in [3.63, 3.8) is 0 Å². The molecule has 1 aromatic heterocycles. The third-order valence-corrected chi connectivity index (χ3v) is 1.55. The van der Waals surface area contributed by atoms with Crippen LogP contribution in [0.3, 0.4) is 0 Å². The Kier molecular flexibility index (Phi) is 2.06. The number of rotatable bonds is 2. The SMILES string of the molecule is CC(C)[C@H](N)c1ncc[nH]1. The fourth-order valence-electron chi connectivity index (χ4n) is 0.776. The van der Waals surface area contributed by atoms with Crippen LogP contribution in [0.4, 0.5) is 0 Å². The van der Waals surface area contributed by atoms with Gasteiger partial charge in [0.2, 0.25) is 0 Å². The molecule has 10 heavy (non-hydrogen) atoms. The Morgan fingerprint density at radius 2 is 2.30 bits per heavy atom. The molecular formula is C7H13N3. The van der Waals surface area contributed by atoms with E-state index in [-0.39, 0.29) is 6.04 Å². The van der Waals surface area contributed by atoms with E-state index in [4.69, 9.17) is 5.73 Å². The molecule has 0 saturated carbocycles. The zero-order valence-electron chi connectivity index (χ0n) is 6.33. The average Bonchev–Trinajstić information content (AvgIpc) is 2.36. The van der Waals surface area contributed by atoms with Crippen LogP contribution in [0.5, 0.6) is 0 Å². The number of nitrogens with two attached hydrogens (primary N) is 1. The molecule has 1 heterocycles. The molecule has 3 N–H and O–H groups in total. The van der Waals surface area contributed by atoms with Crippen LogP contribution >= 0.6 is 0 Å². The Morgan fingerprint density at radius 3 is 2.70 bits per heavy atom. The lowest BCUT2D eigenvalue weighted by molar-refractivity contribution is 0.494. The topological polar surface area (TPSA) is 54.7 Å². The van der Waals surface area contributed by atoms with Crippen molar-refractivity contribution >= 4 is 0 Å². The molecule has 0 fully saturated rings. The lowest BCUT2D eigenvalue weighted by Gasteiger charge is -2.11. The van der Waals surface area contributed by atoms with E-state index in [1.165, 1.54) is 0 Å². The highest BCUT2D eigenvalue weighted by Crippen LogP contribution is 2.13. The van der Waals surface area contributed by atoms with Crippen molar-refractivity contribution in [2.45, 2.75) is 19.9 Å². The Balaban J connectivity index is 2.68. The minimum atomic E-state index is 0.0370. The molecule has 0 unspecified atom stereocenters. The van der Waals surface area contributed by atoms with E-state index in [1.54, 1.807) is 12.4 Å². The molecule has 0 aliphatic heterocycles. The highest BCUT2D eigenvalue weighted by Gasteiger charge is 2.11. The van der Waals surface area contributed by atoms with Gasteiger partial charge in [-0.25, -0.2) is 4.98 Å². The first-order valence-electron chi connectivity index (χ1n) is 3.46. The molecule has 0 aromatic carbocycles. The summed E-state index contributed by atoms with van der Waals surface area (Å²) < 4.78 is 0.